The van der Waals surface area contributed by atoms with Crippen molar-refractivity contribution in [2.75, 3.05) is 0 Å². The van der Waals surface area contributed by atoms with Crippen LogP contribution in [0, 0.1) is 5.82 Å². The van der Waals surface area contributed by atoms with Crippen molar-refractivity contribution in [3.8, 4) is 5.69 Å². The van der Waals surface area contributed by atoms with Crippen LogP contribution in [0.1, 0.15) is 33.3 Å². The van der Waals surface area contributed by atoms with Crippen molar-refractivity contribution >= 4 is 13.2 Å². The van der Waals surface area contributed by atoms with Crippen LogP contribution in [0.4, 0.5) is 8.78 Å². The second-order valence-corrected chi connectivity index (χ2v) is 6.82. The minimum atomic E-state index is -1.05. The van der Waals surface area contributed by atoms with Crippen molar-refractivity contribution in [3.63, 3.8) is 0 Å². The molecule has 0 amide bonds. The molecule has 1 saturated heterocycles. The molecule has 0 N–H and O–H groups in total. The van der Waals surface area contributed by atoms with Gasteiger partial charge in [0.25, 0.3) is 0 Å². The quantitative estimate of drug-likeness (QED) is 0.799. The van der Waals surface area contributed by atoms with Crippen LogP contribution in [0.3, 0.4) is 0 Å². The summed E-state index contributed by atoms with van der Waals surface area (Å²) in [5.41, 5.74) is -0.645. The van der Waals surface area contributed by atoms with Crippen LogP contribution in [0.15, 0.2) is 42.4 Å². The zero-order chi connectivity index (χ0) is 17.5. The highest BCUT2D eigenvalue weighted by Gasteiger charge is 2.53. The third-order valence-corrected chi connectivity index (χ3v) is 4.46. The first-order valence-electron chi connectivity index (χ1n) is 7.71. The number of halogens is 2. The van der Waals surface area contributed by atoms with Crippen molar-refractivity contribution in [1.82, 2.24) is 9.78 Å². The Hall–Kier alpha value is -1.99. The van der Waals surface area contributed by atoms with E-state index in [4.69, 9.17) is 9.31 Å². The van der Waals surface area contributed by atoms with Gasteiger partial charge in [0.2, 0.25) is 0 Å². The van der Waals surface area contributed by atoms with E-state index in [0.29, 0.717) is 11.3 Å². The first-order valence-corrected chi connectivity index (χ1v) is 7.71. The van der Waals surface area contributed by atoms with Crippen molar-refractivity contribution in [3.05, 3.63) is 53.8 Å². The van der Waals surface area contributed by atoms with Crippen molar-refractivity contribution in [2.24, 2.45) is 0 Å². The summed E-state index contributed by atoms with van der Waals surface area (Å²) in [6.45, 7) is 7.45. The van der Waals surface area contributed by atoms with Crippen LogP contribution >= 0.6 is 0 Å². The summed E-state index contributed by atoms with van der Waals surface area (Å²) in [7, 11) is -1.05. The normalized spacial score (nSPS) is 19.8. The van der Waals surface area contributed by atoms with Crippen LogP contribution in [0.2, 0.25) is 0 Å². The monoisotopic (exact) mass is 332 g/mol. The minimum Gasteiger partial charge on any atom is -0.398 e. The van der Waals surface area contributed by atoms with E-state index in [0.717, 1.165) is 0 Å². The molecule has 1 aliphatic heterocycles. The highest BCUT2D eigenvalue weighted by molar-refractivity contribution is 6.54. The lowest BCUT2D eigenvalue weighted by Crippen LogP contribution is -2.41. The molecule has 2 aromatic rings. The van der Waals surface area contributed by atoms with Crippen LogP contribution in [-0.4, -0.2) is 28.1 Å². The number of aromatic nitrogens is 2. The molecule has 0 bridgehead atoms. The maximum atomic E-state index is 14.5. The topological polar surface area (TPSA) is 36.3 Å². The molecular formula is C17H19BF2N2O2. The number of nitrogens with zero attached hydrogens (tertiary/aromatic N) is 2. The summed E-state index contributed by atoms with van der Waals surface area (Å²) in [4.78, 5) is 0. The lowest BCUT2D eigenvalue weighted by molar-refractivity contribution is 0.00578. The van der Waals surface area contributed by atoms with Gasteiger partial charge >= 0.3 is 7.12 Å². The van der Waals surface area contributed by atoms with Gasteiger partial charge in [0, 0.05) is 11.8 Å². The average Bonchev–Trinajstić information content (AvgIpc) is 3.02. The Bertz CT molecular complexity index is 770. The third-order valence-electron chi connectivity index (χ3n) is 4.46. The molecule has 0 spiro atoms. The maximum absolute atomic E-state index is 14.5. The highest BCUT2D eigenvalue weighted by atomic mass is 19.1. The Morgan fingerprint density at radius 3 is 2.50 bits per heavy atom. The summed E-state index contributed by atoms with van der Waals surface area (Å²) < 4.78 is 40.5. The van der Waals surface area contributed by atoms with E-state index in [1.165, 1.54) is 29.1 Å². The number of hydrogen-bond acceptors (Lipinski definition) is 3. The van der Waals surface area contributed by atoms with Gasteiger partial charge in [-0.25, -0.2) is 13.5 Å². The van der Waals surface area contributed by atoms with E-state index in [9.17, 15) is 8.78 Å². The molecule has 2 heterocycles. The molecule has 7 heteroatoms. The van der Waals surface area contributed by atoms with E-state index < -0.39 is 24.0 Å². The molecule has 1 aromatic heterocycles. The van der Waals surface area contributed by atoms with Crippen molar-refractivity contribution in [1.29, 1.82) is 0 Å². The molecule has 24 heavy (non-hydrogen) atoms. The minimum absolute atomic E-state index is 0.358. The molecule has 0 unspecified atom stereocenters. The molecule has 4 nitrogen and oxygen atoms in total. The Labute approximate surface area is 140 Å². The molecule has 1 aromatic carbocycles. The fraction of sp³-hybridized carbons (Fsp3) is 0.353. The smallest absolute Gasteiger partial charge is 0.398 e. The van der Waals surface area contributed by atoms with Gasteiger partial charge in [-0.3, -0.25) is 0 Å². The van der Waals surface area contributed by atoms with E-state index in [2.05, 4.69) is 5.10 Å². The van der Waals surface area contributed by atoms with Crippen LogP contribution in [0.25, 0.3) is 11.8 Å². The molecule has 0 atom stereocenters. The van der Waals surface area contributed by atoms with E-state index >= 15 is 0 Å². The summed E-state index contributed by atoms with van der Waals surface area (Å²) in [6.07, 6.45) is 4.42. The summed E-state index contributed by atoms with van der Waals surface area (Å²) in [5, 5.41) is 4.12. The number of rotatable bonds is 3. The van der Waals surface area contributed by atoms with Gasteiger partial charge in [0.1, 0.15) is 11.5 Å². The van der Waals surface area contributed by atoms with Crippen molar-refractivity contribution < 1.29 is 18.1 Å². The second-order valence-electron chi connectivity index (χ2n) is 6.82. The fourth-order valence-electron chi connectivity index (χ4n) is 2.35. The third kappa shape index (κ3) is 3.14. The molecule has 1 fully saturated rings. The molecule has 0 saturated carbocycles. The lowest BCUT2D eigenvalue weighted by atomic mass is 9.87. The first kappa shape index (κ1) is 16.9. The predicted molar refractivity (Wildman–Crippen MR) is 88.7 cm³/mol. The van der Waals surface area contributed by atoms with E-state index in [1.807, 2.05) is 27.7 Å². The van der Waals surface area contributed by atoms with Gasteiger partial charge in [0.15, 0.2) is 0 Å². The average molecular weight is 332 g/mol. The maximum Gasteiger partial charge on any atom is 0.525 e. The Kier molecular flexibility index (Phi) is 4.09. The lowest BCUT2D eigenvalue weighted by Gasteiger charge is -2.32. The Morgan fingerprint density at radius 1 is 1.21 bits per heavy atom. The van der Waals surface area contributed by atoms with E-state index in [1.54, 1.807) is 18.3 Å². The Morgan fingerprint density at radius 2 is 1.88 bits per heavy atom. The van der Waals surface area contributed by atoms with Crippen molar-refractivity contribution in [2.45, 2.75) is 38.9 Å². The molecule has 0 radical (unpaired) electrons. The van der Waals surface area contributed by atoms with Gasteiger partial charge in [-0.2, -0.15) is 5.10 Å². The second kappa shape index (κ2) is 5.83. The summed E-state index contributed by atoms with van der Waals surface area (Å²) in [5.74, 6) is -0.358. The molecular weight excluding hydrogens is 313 g/mol. The Balaban J connectivity index is 1.80. The largest absolute Gasteiger partial charge is 0.525 e. The molecule has 0 aliphatic carbocycles. The SMILES string of the molecule is CC1(C)OB(C(F)=Cc2cnn(-c3cccc(F)c3)c2)OC1(C)C. The van der Waals surface area contributed by atoms with Gasteiger partial charge in [-0.1, -0.05) is 6.07 Å². The fourth-order valence-corrected chi connectivity index (χ4v) is 2.35. The van der Waals surface area contributed by atoms with Crippen LogP contribution in [0.5, 0.6) is 0 Å². The highest BCUT2D eigenvalue weighted by Crippen LogP contribution is 2.39. The zero-order valence-electron chi connectivity index (χ0n) is 14.1. The van der Waals surface area contributed by atoms with Crippen LogP contribution < -0.4 is 0 Å². The number of hydrogen-bond donors (Lipinski definition) is 0. The van der Waals surface area contributed by atoms with Crippen LogP contribution in [-0.2, 0) is 9.31 Å². The zero-order valence-corrected chi connectivity index (χ0v) is 14.1. The number of benzene rings is 1. The predicted octanol–water partition coefficient (Wildman–Crippen LogP) is 3.95. The van der Waals surface area contributed by atoms with Gasteiger partial charge < -0.3 is 9.31 Å². The van der Waals surface area contributed by atoms with E-state index in [-0.39, 0.29) is 5.82 Å². The summed E-state index contributed by atoms with van der Waals surface area (Å²) >= 11 is 0. The first-order chi connectivity index (χ1) is 11.2. The molecule has 126 valence electrons. The standard InChI is InChI=1S/C17H19BF2N2O2/c1-16(2)17(3,4)24-18(23-16)15(20)8-12-10-21-22(11-12)14-7-5-6-13(19)9-14/h5-11H,1-4H3. The van der Waals surface area contributed by atoms with Gasteiger partial charge in [-0.15, -0.1) is 0 Å². The van der Waals surface area contributed by atoms with Gasteiger partial charge in [-0.05, 0) is 52.0 Å². The molecule has 1 aliphatic rings. The summed E-state index contributed by atoms with van der Waals surface area (Å²) in [6, 6.07) is 6.01. The molecule has 3 rings (SSSR count). The van der Waals surface area contributed by atoms with Gasteiger partial charge in [0.05, 0.1) is 23.1 Å².